The zero-order valence-electron chi connectivity index (χ0n) is 12.0. The fraction of sp³-hybridized carbons (Fsp3) is 0.923. The van der Waals surface area contributed by atoms with Crippen molar-refractivity contribution in [2.45, 2.75) is 50.4 Å². The van der Waals surface area contributed by atoms with Crippen LogP contribution in [0.25, 0.3) is 0 Å². The number of rotatable bonds is 1. The highest BCUT2D eigenvalue weighted by atomic mass is 16.6. The third-order valence-electron chi connectivity index (χ3n) is 3.93. The molecule has 0 bridgehead atoms. The molecule has 1 atom stereocenters. The normalized spacial score (nSPS) is 30.7. The Morgan fingerprint density at radius 3 is 2.53 bits per heavy atom. The lowest BCUT2D eigenvalue weighted by molar-refractivity contribution is -0.103. The first kappa shape index (κ1) is 14.6. The molecule has 2 saturated heterocycles. The second-order valence-electron chi connectivity index (χ2n) is 6.80. The van der Waals surface area contributed by atoms with Crippen LogP contribution < -0.4 is 11.1 Å². The average Bonchev–Trinajstić information content (AvgIpc) is 2.23. The molecular weight excluding hydrogens is 246 g/mol. The molecule has 0 aromatic heterocycles. The molecule has 0 aromatic carbocycles. The monoisotopic (exact) mass is 271 g/mol. The van der Waals surface area contributed by atoms with Crippen LogP contribution >= 0.6 is 0 Å². The Kier molecular flexibility index (Phi) is 3.53. The predicted octanol–water partition coefficient (Wildman–Crippen LogP) is 0.0491. The summed E-state index contributed by atoms with van der Waals surface area (Å²) in [6, 6.07) is 0. The fourth-order valence-electron chi connectivity index (χ4n) is 2.65. The molecule has 1 amide bonds. The van der Waals surface area contributed by atoms with E-state index in [-0.39, 0.29) is 12.6 Å². The van der Waals surface area contributed by atoms with E-state index in [1.165, 1.54) is 0 Å². The third-order valence-corrected chi connectivity index (χ3v) is 3.93. The smallest absolute Gasteiger partial charge is 0.410 e. The lowest BCUT2D eigenvalue weighted by atomic mass is 9.71. The first-order valence-corrected chi connectivity index (χ1v) is 6.85. The zero-order chi connectivity index (χ0) is 14.3. The molecule has 110 valence electrons. The second-order valence-corrected chi connectivity index (χ2v) is 6.80. The molecule has 0 radical (unpaired) electrons. The van der Waals surface area contributed by atoms with Gasteiger partial charge in [0.15, 0.2) is 0 Å². The molecule has 4 N–H and O–H groups in total. The van der Waals surface area contributed by atoms with Crippen LogP contribution in [0.3, 0.4) is 0 Å². The van der Waals surface area contributed by atoms with Gasteiger partial charge >= 0.3 is 6.09 Å². The maximum Gasteiger partial charge on any atom is 0.410 e. The molecule has 6 heteroatoms. The molecule has 1 unspecified atom stereocenters. The summed E-state index contributed by atoms with van der Waals surface area (Å²) in [5.74, 6) is 0. The van der Waals surface area contributed by atoms with Gasteiger partial charge in [0.1, 0.15) is 11.2 Å². The number of hydrogen-bond acceptors (Lipinski definition) is 5. The van der Waals surface area contributed by atoms with Crippen molar-refractivity contribution >= 4 is 6.09 Å². The first-order chi connectivity index (χ1) is 8.65. The summed E-state index contributed by atoms with van der Waals surface area (Å²) in [7, 11) is 0. The lowest BCUT2D eigenvalue weighted by Gasteiger charge is -2.54. The van der Waals surface area contributed by atoms with Crippen molar-refractivity contribution in [1.29, 1.82) is 0 Å². The van der Waals surface area contributed by atoms with E-state index in [2.05, 4.69) is 5.32 Å². The number of nitrogens with one attached hydrogen (secondary N) is 1. The van der Waals surface area contributed by atoms with E-state index in [0.29, 0.717) is 26.1 Å². The van der Waals surface area contributed by atoms with Crippen LogP contribution in [0.15, 0.2) is 0 Å². The van der Waals surface area contributed by atoms with Gasteiger partial charge in [-0.1, -0.05) is 0 Å². The largest absolute Gasteiger partial charge is 0.444 e. The molecule has 0 aliphatic carbocycles. The van der Waals surface area contributed by atoms with Crippen LogP contribution in [0, 0.1) is 0 Å². The Morgan fingerprint density at radius 2 is 2.05 bits per heavy atom. The highest BCUT2D eigenvalue weighted by Gasteiger charge is 2.54. The van der Waals surface area contributed by atoms with Crippen LogP contribution in [-0.4, -0.2) is 59.0 Å². The van der Waals surface area contributed by atoms with Crippen LogP contribution in [0.4, 0.5) is 4.79 Å². The van der Waals surface area contributed by atoms with Crippen LogP contribution in [-0.2, 0) is 4.74 Å². The maximum atomic E-state index is 12.1. The molecule has 2 aliphatic heterocycles. The topological polar surface area (TPSA) is 87.8 Å². The van der Waals surface area contributed by atoms with Gasteiger partial charge in [0, 0.05) is 19.6 Å². The molecule has 0 spiro atoms. The fourth-order valence-corrected chi connectivity index (χ4v) is 2.65. The number of piperidine rings is 1. The minimum Gasteiger partial charge on any atom is -0.444 e. The molecule has 2 aliphatic rings. The molecule has 2 rings (SSSR count). The van der Waals surface area contributed by atoms with E-state index in [0.717, 1.165) is 6.42 Å². The van der Waals surface area contributed by atoms with E-state index in [1.807, 2.05) is 20.8 Å². The number of hydrogen-bond donors (Lipinski definition) is 3. The number of nitrogens with zero attached hydrogens (tertiary/aromatic N) is 1. The minimum absolute atomic E-state index is 0.250. The van der Waals surface area contributed by atoms with Crippen molar-refractivity contribution in [2.75, 3.05) is 26.2 Å². The number of carbonyl (C=O) groups excluding carboxylic acids is 1. The van der Waals surface area contributed by atoms with Crippen molar-refractivity contribution in [3.63, 3.8) is 0 Å². The Balaban J connectivity index is 2.03. The summed E-state index contributed by atoms with van der Waals surface area (Å²) in [4.78, 5) is 13.6. The third kappa shape index (κ3) is 2.85. The van der Waals surface area contributed by atoms with Crippen molar-refractivity contribution in [3.8, 4) is 0 Å². The van der Waals surface area contributed by atoms with E-state index >= 15 is 0 Å². The van der Waals surface area contributed by atoms with Gasteiger partial charge in [-0.15, -0.1) is 0 Å². The SMILES string of the molecule is CC(C)(C)OC(=O)N1CCCC(O)(C2(N)CNC2)C1. The van der Waals surface area contributed by atoms with E-state index in [4.69, 9.17) is 10.5 Å². The van der Waals surface area contributed by atoms with E-state index in [1.54, 1.807) is 4.90 Å². The van der Waals surface area contributed by atoms with Gasteiger partial charge in [0.2, 0.25) is 0 Å². The Hall–Kier alpha value is -0.850. The van der Waals surface area contributed by atoms with Gasteiger partial charge in [0.05, 0.1) is 12.1 Å². The van der Waals surface area contributed by atoms with Crippen molar-refractivity contribution in [1.82, 2.24) is 10.2 Å². The van der Waals surface area contributed by atoms with Gasteiger partial charge in [-0.05, 0) is 33.6 Å². The lowest BCUT2D eigenvalue weighted by Crippen LogP contribution is -2.80. The number of likely N-dealkylation sites (tertiary alicyclic amines) is 1. The summed E-state index contributed by atoms with van der Waals surface area (Å²) in [5, 5.41) is 13.8. The summed E-state index contributed by atoms with van der Waals surface area (Å²) in [6.07, 6.45) is 1.00. The second kappa shape index (κ2) is 4.61. The summed E-state index contributed by atoms with van der Waals surface area (Å²) < 4.78 is 5.35. The quantitative estimate of drug-likeness (QED) is 0.627. The molecular formula is C13H25N3O3. The standard InChI is InChI=1S/C13H25N3O3/c1-11(2,3)19-10(17)16-6-4-5-13(18,9-16)12(14)7-15-8-12/h15,18H,4-9,14H2,1-3H3. The van der Waals surface area contributed by atoms with Crippen LogP contribution in [0.1, 0.15) is 33.6 Å². The number of nitrogens with two attached hydrogens (primary N) is 1. The molecule has 0 saturated carbocycles. The molecule has 19 heavy (non-hydrogen) atoms. The molecule has 2 heterocycles. The number of β-amino-alcohol motifs (C(OH)–C–C–N with tert-alkyl or cyclic N) is 1. The minimum atomic E-state index is -1.02. The van der Waals surface area contributed by atoms with Crippen LogP contribution in [0.2, 0.25) is 0 Å². The Morgan fingerprint density at radius 1 is 1.42 bits per heavy atom. The number of aliphatic hydroxyl groups is 1. The van der Waals surface area contributed by atoms with Gasteiger partial charge in [-0.25, -0.2) is 4.79 Å². The zero-order valence-corrected chi connectivity index (χ0v) is 12.0. The van der Waals surface area contributed by atoms with E-state index < -0.39 is 16.7 Å². The Labute approximate surface area is 114 Å². The first-order valence-electron chi connectivity index (χ1n) is 6.85. The average molecular weight is 271 g/mol. The van der Waals surface area contributed by atoms with Gasteiger partial charge in [-0.2, -0.15) is 0 Å². The number of amides is 1. The number of carbonyl (C=O) groups is 1. The highest BCUT2D eigenvalue weighted by Crippen LogP contribution is 2.33. The summed E-state index contributed by atoms with van der Waals surface area (Å²) in [6.45, 7) is 7.54. The molecule has 6 nitrogen and oxygen atoms in total. The van der Waals surface area contributed by atoms with Crippen molar-refractivity contribution in [2.24, 2.45) is 5.73 Å². The molecule has 2 fully saturated rings. The highest BCUT2D eigenvalue weighted by molar-refractivity contribution is 5.68. The van der Waals surface area contributed by atoms with Gasteiger partial charge < -0.3 is 25.8 Å². The van der Waals surface area contributed by atoms with Crippen LogP contribution in [0.5, 0.6) is 0 Å². The van der Waals surface area contributed by atoms with Crippen molar-refractivity contribution < 1.29 is 14.6 Å². The van der Waals surface area contributed by atoms with Gasteiger partial charge in [0.25, 0.3) is 0 Å². The van der Waals surface area contributed by atoms with E-state index in [9.17, 15) is 9.90 Å². The van der Waals surface area contributed by atoms with Gasteiger partial charge in [-0.3, -0.25) is 0 Å². The Bertz CT molecular complexity index is 363. The summed E-state index contributed by atoms with van der Waals surface area (Å²) in [5.41, 5.74) is 4.04. The van der Waals surface area contributed by atoms with Crippen molar-refractivity contribution in [3.05, 3.63) is 0 Å². The number of ether oxygens (including phenoxy) is 1. The maximum absolute atomic E-state index is 12.1. The molecule has 0 aromatic rings. The predicted molar refractivity (Wildman–Crippen MR) is 71.8 cm³/mol. The summed E-state index contributed by atoms with van der Waals surface area (Å²) >= 11 is 0.